The number of fused-ring (bicyclic) bond motifs is 3. The van der Waals surface area contributed by atoms with Crippen molar-refractivity contribution in [1.82, 2.24) is 0 Å². The van der Waals surface area contributed by atoms with E-state index in [4.69, 9.17) is 15.2 Å². The van der Waals surface area contributed by atoms with Gasteiger partial charge in [0, 0.05) is 24.1 Å². The highest BCUT2D eigenvalue weighted by Gasteiger charge is 2.63. The van der Waals surface area contributed by atoms with Gasteiger partial charge in [-0.05, 0) is 11.5 Å². The third kappa shape index (κ3) is 2.17. The van der Waals surface area contributed by atoms with E-state index in [0.29, 0.717) is 23.4 Å². The molecule has 0 bridgehead atoms. The molecular weight excluding hydrogens is 348 g/mol. The summed E-state index contributed by atoms with van der Waals surface area (Å²) in [5.74, 6) is -1.41. The van der Waals surface area contributed by atoms with Gasteiger partial charge < -0.3 is 20.5 Å². The van der Waals surface area contributed by atoms with Gasteiger partial charge in [-0.3, -0.25) is 4.79 Å². The lowest BCUT2D eigenvalue weighted by molar-refractivity contribution is -0.145. The molecule has 1 aliphatic carbocycles. The van der Waals surface area contributed by atoms with Crippen LogP contribution in [0.15, 0.2) is 47.0 Å². The van der Waals surface area contributed by atoms with Gasteiger partial charge in [0.25, 0.3) is 0 Å². The van der Waals surface area contributed by atoms with Crippen molar-refractivity contribution >= 4 is 23.4 Å². The fraction of sp³-hybridized carbons (Fsp3) is 0.350. The predicted octanol–water partition coefficient (Wildman–Crippen LogP) is 1.89. The van der Waals surface area contributed by atoms with Gasteiger partial charge in [0.1, 0.15) is 17.2 Å². The monoisotopic (exact) mass is 368 g/mol. The summed E-state index contributed by atoms with van der Waals surface area (Å²) in [5.41, 5.74) is 5.19. The van der Waals surface area contributed by atoms with Crippen LogP contribution in [0.5, 0.6) is 0 Å². The van der Waals surface area contributed by atoms with Crippen molar-refractivity contribution in [1.29, 1.82) is 0 Å². The number of ketones is 1. The number of rotatable bonds is 1. The number of ether oxygens (including phenoxy) is 2. The van der Waals surface area contributed by atoms with Gasteiger partial charge >= 0.3 is 11.9 Å². The maximum atomic E-state index is 13.3. The van der Waals surface area contributed by atoms with Crippen molar-refractivity contribution in [2.24, 2.45) is 11.1 Å². The molecular formula is C20H20N2O5. The molecule has 0 fully saturated rings. The van der Waals surface area contributed by atoms with Gasteiger partial charge in [-0.25, -0.2) is 9.59 Å². The first kappa shape index (κ1) is 17.3. The summed E-state index contributed by atoms with van der Waals surface area (Å²) >= 11 is 0. The maximum absolute atomic E-state index is 13.3. The Morgan fingerprint density at radius 3 is 2.63 bits per heavy atom. The summed E-state index contributed by atoms with van der Waals surface area (Å²) in [4.78, 5) is 39.1. The van der Waals surface area contributed by atoms with E-state index in [-0.39, 0.29) is 34.6 Å². The molecule has 7 heteroatoms. The lowest BCUT2D eigenvalue weighted by Gasteiger charge is -2.37. The molecule has 0 aromatic heterocycles. The molecule has 7 nitrogen and oxygen atoms in total. The van der Waals surface area contributed by atoms with Gasteiger partial charge in [0.2, 0.25) is 0 Å². The lowest BCUT2D eigenvalue weighted by atomic mass is 9.62. The number of allylic oxidation sites excluding steroid dienone is 1. The van der Waals surface area contributed by atoms with Crippen LogP contribution in [-0.2, 0) is 29.3 Å². The van der Waals surface area contributed by atoms with E-state index >= 15 is 0 Å². The van der Waals surface area contributed by atoms with Crippen molar-refractivity contribution in [3.63, 3.8) is 0 Å². The number of carbonyl (C=O) groups is 3. The lowest BCUT2D eigenvalue weighted by Crippen LogP contribution is -2.48. The predicted molar refractivity (Wildman–Crippen MR) is 96.1 cm³/mol. The molecule has 0 saturated carbocycles. The fourth-order valence-electron chi connectivity index (χ4n) is 4.36. The van der Waals surface area contributed by atoms with Crippen LogP contribution in [0.1, 0.15) is 32.3 Å². The molecule has 27 heavy (non-hydrogen) atoms. The number of carbonyl (C=O) groups excluding carboxylic acids is 3. The van der Waals surface area contributed by atoms with Crippen molar-refractivity contribution in [3.05, 3.63) is 52.6 Å². The van der Waals surface area contributed by atoms with E-state index < -0.39 is 17.4 Å². The first-order valence-electron chi connectivity index (χ1n) is 8.66. The van der Waals surface area contributed by atoms with Crippen LogP contribution in [0.2, 0.25) is 0 Å². The number of anilines is 1. The fourth-order valence-corrected chi connectivity index (χ4v) is 4.36. The maximum Gasteiger partial charge on any atom is 0.339 e. The molecule has 3 N–H and O–H groups in total. The number of esters is 2. The van der Waals surface area contributed by atoms with E-state index in [0.717, 1.165) is 0 Å². The molecule has 3 aliphatic rings. The van der Waals surface area contributed by atoms with Crippen LogP contribution in [-0.4, -0.2) is 24.8 Å². The molecule has 1 spiro atoms. The number of Topliss-reactive ketones (excluding diaryl/α,β-unsaturated/α-hetero) is 1. The topological polar surface area (TPSA) is 108 Å². The summed E-state index contributed by atoms with van der Waals surface area (Å²) in [6.45, 7) is 3.88. The zero-order chi connectivity index (χ0) is 19.6. The zero-order valence-electron chi connectivity index (χ0n) is 15.3. The number of hydrogen-bond donors (Lipinski definition) is 2. The van der Waals surface area contributed by atoms with Crippen molar-refractivity contribution < 1.29 is 23.9 Å². The van der Waals surface area contributed by atoms with E-state index in [9.17, 15) is 14.4 Å². The van der Waals surface area contributed by atoms with Crippen LogP contribution >= 0.6 is 0 Å². The molecule has 140 valence electrons. The van der Waals surface area contributed by atoms with E-state index in [2.05, 4.69) is 5.32 Å². The van der Waals surface area contributed by atoms with Crippen LogP contribution < -0.4 is 11.1 Å². The van der Waals surface area contributed by atoms with E-state index in [1.54, 1.807) is 24.3 Å². The number of nitrogens with two attached hydrogens (primary N) is 1. The van der Waals surface area contributed by atoms with Crippen LogP contribution in [0, 0.1) is 5.41 Å². The van der Waals surface area contributed by atoms with Crippen molar-refractivity contribution in [2.45, 2.75) is 32.1 Å². The Hall–Kier alpha value is -3.09. The Morgan fingerprint density at radius 1 is 1.22 bits per heavy atom. The smallest absolute Gasteiger partial charge is 0.339 e. The van der Waals surface area contributed by atoms with Crippen LogP contribution in [0.25, 0.3) is 0 Å². The van der Waals surface area contributed by atoms with Crippen LogP contribution in [0.3, 0.4) is 0 Å². The first-order valence-corrected chi connectivity index (χ1v) is 8.66. The largest absolute Gasteiger partial charge is 0.466 e. The average molecular weight is 368 g/mol. The Kier molecular flexibility index (Phi) is 3.50. The minimum absolute atomic E-state index is 0.0242. The Bertz CT molecular complexity index is 972. The molecule has 0 saturated heterocycles. The third-order valence-corrected chi connectivity index (χ3v) is 5.37. The quantitative estimate of drug-likeness (QED) is 0.729. The van der Waals surface area contributed by atoms with Gasteiger partial charge in [-0.15, -0.1) is 0 Å². The normalized spacial score (nSPS) is 25.7. The first-order chi connectivity index (χ1) is 12.7. The number of para-hydroxylation sites is 1. The second-order valence-electron chi connectivity index (χ2n) is 7.83. The summed E-state index contributed by atoms with van der Waals surface area (Å²) in [5, 5.41) is 2.94. The second-order valence-corrected chi connectivity index (χ2v) is 7.83. The highest BCUT2D eigenvalue weighted by atomic mass is 16.5. The summed E-state index contributed by atoms with van der Waals surface area (Å²) < 4.78 is 10.5. The van der Waals surface area contributed by atoms with Gasteiger partial charge in [0.15, 0.2) is 11.2 Å². The average Bonchev–Trinajstić information content (AvgIpc) is 2.86. The molecule has 0 amide bonds. The molecule has 2 heterocycles. The molecule has 2 aliphatic heterocycles. The van der Waals surface area contributed by atoms with Gasteiger partial charge in [0.05, 0.1) is 12.7 Å². The van der Waals surface area contributed by atoms with E-state index in [1.165, 1.54) is 7.11 Å². The molecule has 1 atom stereocenters. The number of nitrogens with one attached hydrogen (secondary N) is 1. The second kappa shape index (κ2) is 5.45. The van der Waals surface area contributed by atoms with Gasteiger partial charge in [-0.1, -0.05) is 32.0 Å². The van der Waals surface area contributed by atoms with Crippen molar-refractivity contribution in [3.8, 4) is 0 Å². The third-order valence-electron chi connectivity index (χ3n) is 5.37. The summed E-state index contributed by atoms with van der Waals surface area (Å²) in [6, 6.07) is 6.95. The number of benzene rings is 1. The number of methoxy groups -OCH3 is 1. The Labute approximate surface area is 156 Å². The summed E-state index contributed by atoms with van der Waals surface area (Å²) in [6.07, 6.45) is 0.666. The molecule has 0 radical (unpaired) electrons. The highest BCUT2D eigenvalue weighted by molar-refractivity contribution is 6.18. The molecule has 1 aromatic rings. The SMILES string of the molecule is COC(=O)C1=C(N)Nc2ccccc2C12C(=O)OC1=C2C(=O)CC(C)(C)C1. The Morgan fingerprint density at radius 2 is 1.93 bits per heavy atom. The van der Waals surface area contributed by atoms with Crippen molar-refractivity contribution in [2.75, 3.05) is 12.4 Å². The number of hydrogen-bond acceptors (Lipinski definition) is 7. The summed E-state index contributed by atoms with van der Waals surface area (Å²) in [7, 11) is 1.21. The van der Waals surface area contributed by atoms with E-state index in [1.807, 2.05) is 13.8 Å². The zero-order valence-corrected chi connectivity index (χ0v) is 15.3. The highest BCUT2D eigenvalue weighted by Crippen LogP contribution is 2.56. The molecule has 1 aromatic carbocycles. The van der Waals surface area contributed by atoms with Gasteiger partial charge in [-0.2, -0.15) is 0 Å². The minimum atomic E-state index is -1.71. The Balaban J connectivity index is 2.09. The standard InChI is InChI=1S/C20H20N2O5/c1-19(2)8-12(23)14-13(9-19)27-18(25)20(14)10-6-4-5-7-11(10)22-16(21)15(20)17(24)26-3/h4-7,22H,8-9,21H2,1-3H3. The molecule has 4 rings (SSSR count). The van der Waals surface area contributed by atoms with Crippen LogP contribution in [0.4, 0.5) is 5.69 Å². The molecule has 1 unspecified atom stereocenters. The minimum Gasteiger partial charge on any atom is -0.466 e.